The van der Waals surface area contributed by atoms with E-state index >= 15 is 0 Å². The standard InChI is InChI=1S/C24H23N3O2/c1-14-10-19(29-3)8-6-17(14)5-4-16-11-21-20-9-7-18(15(2)28)12-22(20)27-24(25)23(21)26-13-16/h6-13H,4-5H2,1-3H3,(H2,25,27). The fraction of sp³-hybridized carbons (Fsp3) is 0.208. The van der Waals surface area contributed by atoms with Crippen LogP contribution in [0.15, 0.2) is 48.7 Å². The van der Waals surface area contributed by atoms with E-state index < -0.39 is 0 Å². The summed E-state index contributed by atoms with van der Waals surface area (Å²) >= 11 is 0. The Kier molecular flexibility index (Phi) is 4.89. The molecule has 0 saturated carbocycles. The lowest BCUT2D eigenvalue weighted by atomic mass is 9.99. The van der Waals surface area contributed by atoms with Gasteiger partial charge in [-0.25, -0.2) is 4.98 Å². The van der Waals surface area contributed by atoms with Crippen molar-refractivity contribution >= 4 is 33.4 Å². The van der Waals surface area contributed by atoms with E-state index in [0.29, 0.717) is 22.4 Å². The summed E-state index contributed by atoms with van der Waals surface area (Å²) in [7, 11) is 1.68. The van der Waals surface area contributed by atoms with Crippen LogP contribution in [0.3, 0.4) is 0 Å². The normalized spacial score (nSPS) is 11.1. The van der Waals surface area contributed by atoms with E-state index in [1.807, 2.05) is 24.4 Å². The number of hydrogen-bond donors (Lipinski definition) is 1. The Labute approximate surface area is 169 Å². The van der Waals surface area contributed by atoms with Crippen molar-refractivity contribution in [1.82, 2.24) is 9.97 Å². The van der Waals surface area contributed by atoms with E-state index in [-0.39, 0.29) is 5.78 Å². The van der Waals surface area contributed by atoms with Gasteiger partial charge in [-0.05, 0) is 67.6 Å². The third kappa shape index (κ3) is 3.63. The zero-order valence-electron chi connectivity index (χ0n) is 16.8. The lowest BCUT2D eigenvalue weighted by Gasteiger charge is -2.10. The van der Waals surface area contributed by atoms with E-state index in [0.717, 1.165) is 34.9 Å². The number of methoxy groups -OCH3 is 1. The molecular weight excluding hydrogens is 362 g/mol. The molecule has 2 aromatic carbocycles. The first-order chi connectivity index (χ1) is 14.0. The number of rotatable bonds is 5. The smallest absolute Gasteiger partial charge is 0.159 e. The molecule has 0 atom stereocenters. The monoisotopic (exact) mass is 385 g/mol. The Morgan fingerprint density at radius 3 is 2.62 bits per heavy atom. The van der Waals surface area contributed by atoms with Crippen LogP contribution in [0.4, 0.5) is 5.82 Å². The van der Waals surface area contributed by atoms with Gasteiger partial charge < -0.3 is 10.5 Å². The largest absolute Gasteiger partial charge is 0.497 e. The second-order valence-electron chi connectivity index (χ2n) is 7.32. The summed E-state index contributed by atoms with van der Waals surface area (Å²) in [5, 5.41) is 1.92. The number of pyridine rings is 2. The van der Waals surface area contributed by atoms with Crippen LogP contribution in [-0.2, 0) is 12.8 Å². The molecule has 0 spiro atoms. The number of nitrogen functional groups attached to an aromatic ring is 1. The highest BCUT2D eigenvalue weighted by Crippen LogP contribution is 2.28. The number of hydrogen-bond acceptors (Lipinski definition) is 5. The lowest BCUT2D eigenvalue weighted by Crippen LogP contribution is -2.00. The summed E-state index contributed by atoms with van der Waals surface area (Å²) in [6.07, 6.45) is 3.65. The van der Waals surface area contributed by atoms with Gasteiger partial charge in [-0.3, -0.25) is 9.78 Å². The highest BCUT2D eigenvalue weighted by molar-refractivity contribution is 6.10. The minimum atomic E-state index is 0.00843. The van der Waals surface area contributed by atoms with Crippen LogP contribution in [0.5, 0.6) is 5.75 Å². The molecule has 0 aliphatic carbocycles. The van der Waals surface area contributed by atoms with E-state index in [4.69, 9.17) is 10.5 Å². The van der Waals surface area contributed by atoms with Gasteiger partial charge in [0.15, 0.2) is 11.6 Å². The average Bonchev–Trinajstić information content (AvgIpc) is 2.72. The van der Waals surface area contributed by atoms with Gasteiger partial charge in [0.25, 0.3) is 0 Å². The summed E-state index contributed by atoms with van der Waals surface area (Å²) < 4.78 is 5.29. The van der Waals surface area contributed by atoms with Crippen molar-refractivity contribution in [2.45, 2.75) is 26.7 Å². The number of anilines is 1. The van der Waals surface area contributed by atoms with Gasteiger partial charge in [0.1, 0.15) is 11.3 Å². The van der Waals surface area contributed by atoms with Crippen LogP contribution < -0.4 is 10.5 Å². The van der Waals surface area contributed by atoms with Crippen molar-refractivity contribution in [3.63, 3.8) is 0 Å². The predicted octanol–water partition coefficient (Wildman–Crippen LogP) is 4.67. The molecule has 4 aromatic rings. The molecule has 5 heteroatoms. The van der Waals surface area contributed by atoms with Gasteiger partial charge in [-0.2, -0.15) is 0 Å². The fourth-order valence-corrected chi connectivity index (χ4v) is 3.66. The molecule has 0 unspecified atom stereocenters. The number of ketones is 1. The number of benzene rings is 2. The predicted molar refractivity (Wildman–Crippen MR) is 117 cm³/mol. The molecule has 0 aliphatic rings. The average molecular weight is 385 g/mol. The molecule has 2 aromatic heterocycles. The topological polar surface area (TPSA) is 78.1 Å². The number of ether oxygens (including phenoxy) is 1. The van der Waals surface area contributed by atoms with E-state index in [9.17, 15) is 4.79 Å². The molecule has 0 radical (unpaired) electrons. The Morgan fingerprint density at radius 1 is 1.07 bits per heavy atom. The van der Waals surface area contributed by atoms with Crippen LogP contribution in [-0.4, -0.2) is 22.9 Å². The Bertz CT molecular complexity index is 1250. The summed E-state index contributed by atoms with van der Waals surface area (Å²) in [6.45, 7) is 3.65. The Hall–Kier alpha value is -3.47. The molecule has 146 valence electrons. The van der Waals surface area contributed by atoms with Gasteiger partial charge in [0.05, 0.1) is 12.6 Å². The van der Waals surface area contributed by atoms with Gasteiger partial charge in [-0.15, -0.1) is 0 Å². The summed E-state index contributed by atoms with van der Waals surface area (Å²) in [5.74, 6) is 1.26. The number of nitrogens with zero attached hydrogens (tertiary/aromatic N) is 2. The summed E-state index contributed by atoms with van der Waals surface area (Å²) in [4.78, 5) is 20.7. The molecule has 29 heavy (non-hydrogen) atoms. The second-order valence-corrected chi connectivity index (χ2v) is 7.32. The maximum absolute atomic E-state index is 11.7. The summed E-state index contributed by atoms with van der Waals surface area (Å²) in [5.41, 5.74) is 11.8. The first kappa shape index (κ1) is 18.9. The number of carbonyl (C=O) groups is 1. The van der Waals surface area contributed by atoms with Gasteiger partial charge in [0, 0.05) is 22.5 Å². The molecule has 0 fully saturated rings. The molecular formula is C24H23N3O2. The first-order valence-electron chi connectivity index (χ1n) is 9.58. The van der Waals surface area contributed by atoms with Crippen LogP contribution in [0.25, 0.3) is 21.8 Å². The van der Waals surface area contributed by atoms with E-state index in [1.54, 1.807) is 20.1 Å². The maximum Gasteiger partial charge on any atom is 0.159 e. The van der Waals surface area contributed by atoms with Gasteiger partial charge in [0.2, 0.25) is 0 Å². The summed E-state index contributed by atoms with van der Waals surface area (Å²) in [6, 6.07) is 13.8. The van der Waals surface area contributed by atoms with Crippen LogP contribution in [0.2, 0.25) is 0 Å². The highest BCUT2D eigenvalue weighted by Gasteiger charge is 2.11. The quantitative estimate of drug-likeness (QED) is 0.399. The minimum Gasteiger partial charge on any atom is -0.497 e. The van der Waals surface area contributed by atoms with Crippen molar-refractivity contribution in [3.8, 4) is 5.75 Å². The van der Waals surface area contributed by atoms with Crippen molar-refractivity contribution < 1.29 is 9.53 Å². The minimum absolute atomic E-state index is 0.00843. The van der Waals surface area contributed by atoms with Crippen molar-refractivity contribution in [3.05, 3.63) is 70.9 Å². The van der Waals surface area contributed by atoms with Crippen LogP contribution >= 0.6 is 0 Å². The first-order valence-corrected chi connectivity index (χ1v) is 9.58. The fourth-order valence-electron chi connectivity index (χ4n) is 3.66. The Morgan fingerprint density at radius 2 is 1.90 bits per heavy atom. The number of aromatic nitrogens is 2. The van der Waals surface area contributed by atoms with E-state index in [1.165, 1.54) is 11.1 Å². The molecule has 0 bridgehead atoms. The van der Waals surface area contributed by atoms with E-state index in [2.05, 4.69) is 35.1 Å². The van der Waals surface area contributed by atoms with Gasteiger partial charge >= 0.3 is 0 Å². The van der Waals surface area contributed by atoms with Crippen LogP contribution in [0, 0.1) is 6.92 Å². The number of fused-ring (bicyclic) bond motifs is 3. The number of Topliss-reactive ketones (excluding diaryl/α,β-unsaturated/α-hetero) is 1. The molecule has 0 amide bonds. The third-order valence-corrected chi connectivity index (χ3v) is 5.36. The van der Waals surface area contributed by atoms with Crippen molar-refractivity contribution in [2.75, 3.05) is 12.8 Å². The van der Waals surface area contributed by atoms with Gasteiger partial charge in [-0.1, -0.05) is 18.2 Å². The molecule has 5 nitrogen and oxygen atoms in total. The molecule has 0 saturated heterocycles. The zero-order valence-corrected chi connectivity index (χ0v) is 16.8. The third-order valence-electron chi connectivity index (χ3n) is 5.36. The molecule has 2 heterocycles. The number of aryl methyl sites for hydroxylation is 3. The molecule has 0 aliphatic heterocycles. The van der Waals surface area contributed by atoms with Crippen LogP contribution in [0.1, 0.15) is 34.0 Å². The lowest BCUT2D eigenvalue weighted by molar-refractivity contribution is 0.101. The number of nitrogens with two attached hydrogens (primary N) is 1. The molecule has 4 rings (SSSR count). The second kappa shape index (κ2) is 7.51. The highest BCUT2D eigenvalue weighted by atomic mass is 16.5. The molecule has 2 N–H and O–H groups in total. The SMILES string of the molecule is COc1ccc(CCc2cnc3c(N)nc4cc(C(C)=O)ccc4c3c2)c(C)c1. The van der Waals surface area contributed by atoms with Crippen molar-refractivity contribution in [1.29, 1.82) is 0 Å². The Balaban J connectivity index is 1.71. The maximum atomic E-state index is 11.7. The number of carbonyl (C=O) groups excluding carboxylic acids is 1. The zero-order chi connectivity index (χ0) is 20.5. The van der Waals surface area contributed by atoms with Crippen molar-refractivity contribution in [2.24, 2.45) is 0 Å².